The topological polar surface area (TPSA) is 85.3 Å². The molecule has 1 fully saturated rings. The van der Waals surface area contributed by atoms with Crippen LogP contribution in [-0.4, -0.2) is 29.0 Å². The Bertz CT molecular complexity index is 440. The summed E-state index contributed by atoms with van der Waals surface area (Å²) in [6.45, 7) is 1.47. The van der Waals surface area contributed by atoms with E-state index in [1.54, 1.807) is 0 Å². The van der Waals surface area contributed by atoms with Gasteiger partial charge in [-0.3, -0.25) is 10.1 Å². The largest absolute Gasteiger partial charge is 0.351 e. The predicted molar refractivity (Wildman–Crippen MR) is 68.0 cm³/mol. The lowest BCUT2D eigenvalue weighted by atomic mass is 10.2. The van der Waals surface area contributed by atoms with Crippen LogP contribution in [0.3, 0.4) is 0 Å². The van der Waals surface area contributed by atoms with E-state index in [0.717, 1.165) is 25.2 Å². The second kappa shape index (κ2) is 4.97. The van der Waals surface area contributed by atoms with E-state index in [2.05, 4.69) is 25.8 Å². The maximum absolute atomic E-state index is 10.6. The van der Waals surface area contributed by atoms with Gasteiger partial charge in [0.2, 0.25) is 0 Å². The molecule has 0 saturated carbocycles. The summed E-state index contributed by atoms with van der Waals surface area (Å²) >= 11 is 3.33. The first-order valence-electron chi connectivity index (χ1n) is 5.40. The van der Waals surface area contributed by atoms with E-state index in [-0.39, 0.29) is 11.7 Å². The Labute approximate surface area is 107 Å². The molecule has 1 aliphatic heterocycles. The van der Waals surface area contributed by atoms with Crippen LogP contribution >= 0.6 is 15.9 Å². The molecule has 1 aliphatic rings. The molecule has 1 atom stereocenters. The third-order valence-electron chi connectivity index (χ3n) is 2.94. The number of pyridine rings is 1. The van der Waals surface area contributed by atoms with Crippen LogP contribution in [0.15, 0.2) is 16.7 Å². The number of hydrogen-bond donors (Lipinski definition) is 1. The van der Waals surface area contributed by atoms with Gasteiger partial charge in [-0.15, -0.1) is 0 Å². The molecule has 1 saturated heterocycles. The minimum absolute atomic E-state index is 0.0101. The molecule has 1 aromatic heterocycles. The van der Waals surface area contributed by atoms with E-state index in [9.17, 15) is 10.1 Å². The lowest BCUT2D eigenvalue weighted by Gasteiger charge is -2.25. The highest BCUT2D eigenvalue weighted by molar-refractivity contribution is 9.10. The number of hydrogen-bond acceptors (Lipinski definition) is 5. The Kier molecular flexibility index (Phi) is 3.58. The van der Waals surface area contributed by atoms with Crippen LogP contribution in [0.5, 0.6) is 0 Å². The summed E-state index contributed by atoms with van der Waals surface area (Å²) in [5, 5.41) is 10.6. The predicted octanol–water partition coefficient (Wildman–Crippen LogP) is 1.68. The highest BCUT2D eigenvalue weighted by Crippen LogP contribution is 2.31. The van der Waals surface area contributed by atoms with Gasteiger partial charge in [-0.05, 0) is 28.8 Å². The second-order valence-corrected chi connectivity index (χ2v) is 4.84. The normalized spacial score (nSPS) is 19.6. The zero-order chi connectivity index (χ0) is 12.4. The van der Waals surface area contributed by atoms with Gasteiger partial charge in [0.25, 0.3) is 5.69 Å². The monoisotopic (exact) mass is 300 g/mol. The van der Waals surface area contributed by atoms with Crippen LogP contribution < -0.4 is 10.6 Å². The fourth-order valence-electron chi connectivity index (χ4n) is 2.09. The molecular formula is C10H13BrN4O2. The lowest BCUT2D eigenvalue weighted by molar-refractivity contribution is -0.385. The maximum atomic E-state index is 10.6. The molecular weight excluding hydrogens is 288 g/mol. The average Bonchev–Trinajstić information content (AvgIpc) is 2.76. The lowest BCUT2D eigenvalue weighted by Crippen LogP contribution is -2.36. The van der Waals surface area contributed by atoms with Gasteiger partial charge in [0, 0.05) is 25.2 Å². The first kappa shape index (κ1) is 12.3. The van der Waals surface area contributed by atoms with E-state index < -0.39 is 4.92 Å². The van der Waals surface area contributed by atoms with E-state index in [1.165, 1.54) is 12.3 Å². The zero-order valence-corrected chi connectivity index (χ0v) is 10.8. The average molecular weight is 301 g/mol. The van der Waals surface area contributed by atoms with Crippen molar-refractivity contribution in [1.82, 2.24) is 4.98 Å². The fraction of sp³-hybridized carbons (Fsp3) is 0.500. The van der Waals surface area contributed by atoms with Crippen molar-refractivity contribution in [3.05, 3.63) is 26.9 Å². The van der Waals surface area contributed by atoms with E-state index >= 15 is 0 Å². The van der Waals surface area contributed by atoms with Crippen LogP contribution in [-0.2, 0) is 0 Å². The third kappa shape index (κ3) is 2.39. The SMILES string of the molecule is NCC1CCCN1c1ncc([N+](=O)[O-])cc1Br. The first-order valence-corrected chi connectivity index (χ1v) is 6.19. The van der Waals surface area contributed by atoms with Gasteiger partial charge in [0.05, 0.1) is 9.40 Å². The highest BCUT2D eigenvalue weighted by Gasteiger charge is 2.26. The summed E-state index contributed by atoms with van der Waals surface area (Å²) in [6.07, 6.45) is 3.40. The summed E-state index contributed by atoms with van der Waals surface area (Å²) in [5.74, 6) is 0.739. The quantitative estimate of drug-likeness (QED) is 0.678. The standard InChI is InChI=1S/C10H13BrN4O2/c11-9-4-8(15(16)17)6-13-10(9)14-3-1-2-7(14)5-12/h4,6-7H,1-3,5,12H2. The summed E-state index contributed by atoms with van der Waals surface area (Å²) in [7, 11) is 0. The zero-order valence-electron chi connectivity index (χ0n) is 9.17. The molecule has 2 heterocycles. The Morgan fingerprint density at radius 3 is 3.06 bits per heavy atom. The minimum atomic E-state index is -0.452. The number of nitro groups is 1. The molecule has 92 valence electrons. The molecule has 2 rings (SSSR count). The molecule has 0 aromatic carbocycles. The molecule has 0 amide bonds. The molecule has 1 aromatic rings. The Hall–Kier alpha value is -1.21. The summed E-state index contributed by atoms with van der Waals surface area (Å²) in [6, 6.07) is 1.76. The Morgan fingerprint density at radius 2 is 2.47 bits per heavy atom. The molecule has 0 bridgehead atoms. The van der Waals surface area contributed by atoms with Crippen molar-refractivity contribution in [1.29, 1.82) is 0 Å². The minimum Gasteiger partial charge on any atom is -0.351 e. The number of anilines is 1. The maximum Gasteiger partial charge on any atom is 0.288 e. The number of rotatable bonds is 3. The molecule has 17 heavy (non-hydrogen) atoms. The number of nitrogens with zero attached hydrogens (tertiary/aromatic N) is 3. The van der Waals surface area contributed by atoms with Gasteiger partial charge in [0.1, 0.15) is 12.0 Å². The molecule has 1 unspecified atom stereocenters. The van der Waals surface area contributed by atoms with Gasteiger partial charge in [-0.25, -0.2) is 4.98 Å². The Balaban J connectivity index is 2.30. The van der Waals surface area contributed by atoms with E-state index in [4.69, 9.17) is 5.73 Å². The fourth-order valence-corrected chi connectivity index (χ4v) is 2.66. The molecule has 0 aliphatic carbocycles. The molecule has 0 spiro atoms. The number of halogens is 1. The van der Waals surface area contributed by atoms with Crippen molar-refractivity contribution in [3.63, 3.8) is 0 Å². The third-order valence-corrected chi connectivity index (χ3v) is 3.52. The number of nitrogens with two attached hydrogens (primary N) is 1. The summed E-state index contributed by atoms with van der Waals surface area (Å²) in [4.78, 5) is 16.4. The van der Waals surface area contributed by atoms with Crippen molar-refractivity contribution in [3.8, 4) is 0 Å². The van der Waals surface area contributed by atoms with Gasteiger partial charge in [-0.2, -0.15) is 0 Å². The summed E-state index contributed by atoms with van der Waals surface area (Å²) in [5.41, 5.74) is 5.69. The van der Waals surface area contributed by atoms with Crippen molar-refractivity contribution in [2.45, 2.75) is 18.9 Å². The van der Waals surface area contributed by atoms with Crippen molar-refractivity contribution in [2.24, 2.45) is 5.73 Å². The highest BCUT2D eigenvalue weighted by atomic mass is 79.9. The first-order chi connectivity index (χ1) is 8.13. The number of aromatic nitrogens is 1. The second-order valence-electron chi connectivity index (χ2n) is 3.98. The van der Waals surface area contributed by atoms with Crippen LogP contribution in [0.2, 0.25) is 0 Å². The molecule has 6 nitrogen and oxygen atoms in total. The van der Waals surface area contributed by atoms with Gasteiger partial charge < -0.3 is 10.6 Å². The summed E-state index contributed by atoms with van der Waals surface area (Å²) < 4.78 is 0.645. The van der Waals surface area contributed by atoms with Crippen LogP contribution in [0.25, 0.3) is 0 Å². The van der Waals surface area contributed by atoms with Crippen LogP contribution in [0.1, 0.15) is 12.8 Å². The van der Waals surface area contributed by atoms with Crippen molar-refractivity contribution < 1.29 is 4.92 Å². The molecule has 0 radical (unpaired) electrons. The molecule has 2 N–H and O–H groups in total. The van der Waals surface area contributed by atoms with Gasteiger partial charge in [-0.1, -0.05) is 0 Å². The van der Waals surface area contributed by atoms with Gasteiger partial charge >= 0.3 is 0 Å². The van der Waals surface area contributed by atoms with Crippen LogP contribution in [0.4, 0.5) is 11.5 Å². The van der Waals surface area contributed by atoms with Crippen LogP contribution in [0, 0.1) is 10.1 Å². The van der Waals surface area contributed by atoms with Crippen molar-refractivity contribution >= 4 is 27.4 Å². The smallest absolute Gasteiger partial charge is 0.288 e. The van der Waals surface area contributed by atoms with E-state index in [1.807, 2.05) is 0 Å². The Morgan fingerprint density at radius 1 is 1.71 bits per heavy atom. The van der Waals surface area contributed by atoms with Crippen molar-refractivity contribution in [2.75, 3.05) is 18.0 Å². The molecule has 7 heteroatoms. The van der Waals surface area contributed by atoms with E-state index in [0.29, 0.717) is 11.0 Å². The van der Waals surface area contributed by atoms with Gasteiger partial charge in [0.15, 0.2) is 0 Å².